The van der Waals surface area contributed by atoms with Crippen molar-refractivity contribution in [2.24, 2.45) is 0 Å². The largest absolute Gasteiger partial charge is 0.498 e. The van der Waals surface area contributed by atoms with Crippen molar-refractivity contribution in [1.29, 1.82) is 0 Å². The highest BCUT2D eigenvalue weighted by molar-refractivity contribution is 4.78. The Hall–Kier alpha value is -0.920. The maximum absolute atomic E-state index is 5.53. The minimum Gasteiger partial charge on any atom is -0.498 e. The molecule has 0 radical (unpaired) electrons. The highest BCUT2D eigenvalue weighted by Gasteiger charge is 2.21. The highest BCUT2D eigenvalue weighted by Crippen LogP contribution is 2.23. The summed E-state index contributed by atoms with van der Waals surface area (Å²) in [5.74, 6) is 0. The molecule has 0 unspecified atom stereocenters. The van der Waals surface area contributed by atoms with Crippen LogP contribution in [0.2, 0.25) is 0 Å². The molecule has 0 heterocycles. The molecule has 0 aliphatic heterocycles. The third kappa shape index (κ3) is 3.86. The summed E-state index contributed by atoms with van der Waals surface area (Å²) >= 11 is 0. The van der Waals surface area contributed by atoms with Gasteiger partial charge in [-0.25, -0.2) is 0 Å². The van der Waals surface area contributed by atoms with E-state index < -0.39 is 0 Å². The third-order valence-electron chi connectivity index (χ3n) is 2.44. The first-order chi connectivity index (χ1) is 6.86. The van der Waals surface area contributed by atoms with Crippen molar-refractivity contribution in [2.75, 3.05) is 0 Å². The fourth-order valence-electron chi connectivity index (χ4n) is 1.68. The molecule has 14 heavy (non-hydrogen) atoms. The zero-order chi connectivity index (χ0) is 10.2. The van der Waals surface area contributed by atoms with Crippen LogP contribution in [0, 0.1) is 0 Å². The average molecular weight is 196 g/mol. The van der Waals surface area contributed by atoms with Gasteiger partial charge >= 0.3 is 0 Å². The molecule has 0 amide bonds. The summed E-state index contributed by atoms with van der Waals surface area (Å²) in [4.78, 5) is 0. The van der Waals surface area contributed by atoms with Crippen LogP contribution in [0.1, 0.15) is 39.5 Å². The van der Waals surface area contributed by atoms with Gasteiger partial charge in [0, 0.05) is 0 Å². The molecule has 0 bridgehead atoms. The van der Waals surface area contributed by atoms with E-state index in [9.17, 15) is 0 Å². The summed E-state index contributed by atoms with van der Waals surface area (Å²) in [5, 5.41) is 0. The summed E-state index contributed by atoms with van der Waals surface area (Å²) in [6.45, 7) is 3.95. The van der Waals surface area contributed by atoms with E-state index in [1.165, 1.54) is 0 Å². The summed E-state index contributed by atoms with van der Waals surface area (Å²) in [5.41, 5.74) is 0. The van der Waals surface area contributed by atoms with E-state index in [1.807, 2.05) is 26.0 Å². The number of hydrogen-bond donors (Lipinski definition) is 0. The monoisotopic (exact) mass is 196 g/mol. The van der Waals surface area contributed by atoms with Crippen LogP contribution in [0.25, 0.3) is 0 Å². The van der Waals surface area contributed by atoms with Gasteiger partial charge in [-0.2, -0.15) is 0 Å². The minimum atomic E-state index is 0.400. The fourth-order valence-corrected chi connectivity index (χ4v) is 1.68. The molecule has 0 saturated heterocycles. The molecule has 1 rings (SSSR count). The molecule has 1 fully saturated rings. The Bertz CT molecular complexity index is 166. The van der Waals surface area contributed by atoms with Crippen molar-refractivity contribution >= 4 is 0 Å². The van der Waals surface area contributed by atoms with Crippen LogP contribution >= 0.6 is 0 Å². The molecule has 80 valence electrons. The second-order valence-electron chi connectivity index (χ2n) is 3.61. The molecular formula is C12H20O2. The van der Waals surface area contributed by atoms with Crippen LogP contribution in [0.3, 0.4) is 0 Å². The normalized spacial score (nSPS) is 28.4. The molecule has 1 aliphatic rings. The molecule has 0 spiro atoms. The predicted molar refractivity (Wildman–Crippen MR) is 57.8 cm³/mol. The summed E-state index contributed by atoms with van der Waals surface area (Å²) in [7, 11) is 0. The Labute approximate surface area is 86.6 Å². The molecule has 0 aromatic heterocycles. The molecule has 1 aliphatic carbocycles. The number of hydrogen-bond acceptors (Lipinski definition) is 2. The number of rotatable bonds is 4. The van der Waals surface area contributed by atoms with Gasteiger partial charge in [-0.15, -0.1) is 0 Å². The van der Waals surface area contributed by atoms with Crippen molar-refractivity contribution in [3.63, 3.8) is 0 Å². The van der Waals surface area contributed by atoms with E-state index in [1.54, 1.807) is 12.5 Å². The van der Waals surface area contributed by atoms with Gasteiger partial charge in [-0.1, -0.05) is 12.2 Å². The summed E-state index contributed by atoms with van der Waals surface area (Å²) in [6, 6.07) is 0. The van der Waals surface area contributed by atoms with E-state index in [0.29, 0.717) is 12.2 Å². The van der Waals surface area contributed by atoms with Gasteiger partial charge in [0.15, 0.2) is 0 Å². The molecular weight excluding hydrogens is 176 g/mol. The van der Waals surface area contributed by atoms with Crippen LogP contribution < -0.4 is 0 Å². The van der Waals surface area contributed by atoms with Crippen molar-refractivity contribution in [3.05, 3.63) is 24.7 Å². The third-order valence-corrected chi connectivity index (χ3v) is 2.44. The zero-order valence-electron chi connectivity index (χ0n) is 9.11. The van der Waals surface area contributed by atoms with E-state index in [4.69, 9.17) is 9.47 Å². The van der Waals surface area contributed by atoms with Gasteiger partial charge in [0.25, 0.3) is 0 Å². The van der Waals surface area contributed by atoms with Crippen molar-refractivity contribution in [3.8, 4) is 0 Å². The molecule has 0 aromatic rings. The number of allylic oxidation sites excluding steroid dienone is 2. The second kappa shape index (κ2) is 6.52. The van der Waals surface area contributed by atoms with Gasteiger partial charge < -0.3 is 9.47 Å². The van der Waals surface area contributed by atoms with E-state index >= 15 is 0 Å². The van der Waals surface area contributed by atoms with Crippen LogP contribution in [-0.2, 0) is 9.47 Å². The summed E-state index contributed by atoms with van der Waals surface area (Å²) in [6.07, 6.45) is 12.7. The van der Waals surface area contributed by atoms with E-state index in [2.05, 4.69) is 0 Å². The molecule has 2 nitrogen and oxygen atoms in total. The highest BCUT2D eigenvalue weighted by atomic mass is 16.5. The smallest absolute Gasteiger partial charge is 0.0981 e. The Kier molecular flexibility index (Phi) is 5.20. The topological polar surface area (TPSA) is 18.5 Å². The molecule has 0 atom stereocenters. The lowest BCUT2D eigenvalue weighted by Gasteiger charge is -2.27. The molecule has 0 aromatic carbocycles. The van der Waals surface area contributed by atoms with Crippen molar-refractivity contribution in [2.45, 2.75) is 51.7 Å². The Morgan fingerprint density at radius 1 is 0.786 bits per heavy atom. The first-order valence-corrected chi connectivity index (χ1v) is 5.40. The quantitative estimate of drug-likeness (QED) is 0.641. The lowest BCUT2D eigenvalue weighted by atomic mass is 9.95. The lowest BCUT2D eigenvalue weighted by Crippen LogP contribution is -2.24. The Balaban J connectivity index is 2.17. The van der Waals surface area contributed by atoms with Gasteiger partial charge in [-0.3, -0.25) is 0 Å². The van der Waals surface area contributed by atoms with Gasteiger partial charge in [0.05, 0.1) is 24.7 Å². The van der Waals surface area contributed by atoms with Crippen LogP contribution in [0.4, 0.5) is 0 Å². The number of ether oxygens (including phenoxy) is 2. The van der Waals surface area contributed by atoms with Crippen LogP contribution in [0.5, 0.6) is 0 Å². The Morgan fingerprint density at radius 2 is 1.14 bits per heavy atom. The van der Waals surface area contributed by atoms with Gasteiger partial charge in [0.2, 0.25) is 0 Å². The predicted octanol–water partition coefficient (Wildman–Crippen LogP) is 3.40. The van der Waals surface area contributed by atoms with Crippen molar-refractivity contribution < 1.29 is 9.47 Å². The zero-order valence-corrected chi connectivity index (χ0v) is 9.11. The maximum Gasteiger partial charge on any atom is 0.0981 e. The van der Waals surface area contributed by atoms with E-state index in [-0.39, 0.29) is 0 Å². The fraction of sp³-hybridized carbons (Fsp3) is 0.667. The Morgan fingerprint density at radius 3 is 1.43 bits per heavy atom. The first-order valence-electron chi connectivity index (χ1n) is 5.40. The van der Waals surface area contributed by atoms with Gasteiger partial charge in [-0.05, 0) is 39.5 Å². The maximum atomic E-state index is 5.53. The molecule has 1 saturated carbocycles. The standard InChI is InChI=1S/C12H20O2/c1-3-9-13-11-5-7-12(8-6-11)14-10-4-2/h3-4,9-12H,5-8H2,1-2H3. The SMILES string of the molecule is CC=COC1CCC(OC=CC)CC1. The van der Waals surface area contributed by atoms with Crippen LogP contribution in [0.15, 0.2) is 24.7 Å². The van der Waals surface area contributed by atoms with E-state index in [0.717, 1.165) is 25.7 Å². The van der Waals surface area contributed by atoms with Crippen molar-refractivity contribution in [1.82, 2.24) is 0 Å². The average Bonchev–Trinajstić information content (AvgIpc) is 2.25. The van der Waals surface area contributed by atoms with Gasteiger partial charge in [0.1, 0.15) is 0 Å². The minimum absolute atomic E-state index is 0.400. The second-order valence-corrected chi connectivity index (χ2v) is 3.61. The lowest BCUT2D eigenvalue weighted by molar-refractivity contribution is 0.0352. The molecule has 2 heteroatoms. The summed E-state index contributed by atoms with van der Waals surface area (Å²) < 4.78 is 11.1. The first kappa shape index (κ1) is 11.2. The molecule has 0 N–H and O–H groups in total. The van der Waals surface area contributed by atoms with Crippen LogP contribution in [-0.4, -0.2) is 12.2 Å².